The third-order valence-electron chi connectivity index (χ3n) is 11.9. The van der Waals surface area contributed by atoms with Gasteiger partial charge in [0.25, 0.3) is 0 Å². The van der Waals surface area contributed by atoms with Crippen molar-refractivity contribution in [3.8, 4) is 22.5 Å². The van der Waals surface area contributed by atoms with Gasteiger partial charge in [0.1, 0.15) is 17.5 Å². The lowest BCUT2D eigenvalue weighted by atomic mass is 10.0. The third kappa shape index (κ3) is 8.95. The SMILES string of the molecule is Cn1cc([C@@H]2C[C@H]2C(=O)Nc2cc3c(Cl)c(-c4cnccc4CCO)nc(N)c3cn2)cn1.Cn1cc([C@H]2C[C@@H]2C(=O)Nc2ncc3c(N)nc(-c4cnccc4CCO)cc3c2Cl)cn1. The molecule has 8 aromatic heterocycles. The van der Waals surface area contributed by atoms with E-state index in [-0.39, 0.29) is 66.2 Å². The largest absolute Gasteiger partial charge is 0.396 e. The fraction of sp³-hybridized carbons (Fsp3) is 0.261. The Morgan fingerprint density at radius 3 is 1.83 bits per heavy atom. The van der Waals surface area contributed by atoms with Crippen molar-refractivity contribution >= 4 is 79.8 Å². The Balaban J connectivity index is 0.000000166. The first-order valence-electron chi connectivity index (χ1n) is 21.1. The molecule has 0 radical (unpaired) electrons. The molecule has 20 heteroatoms. The van der Waals surface area contributed by atoms with E-state index in [1.165, 1.54) is 0 Å². The van der Waals surface area contributed by atoms with E-state index in [0.29, 0.717) is 67.2 Å². The van der Waals surface area contributed by atoms with E-state index in [4.69, 9.17) is 34.7 Å². The Morgan fingerprint density at radius 2 is 1.24 bits per heavy atom. The number of nitrogen functional groups attached to an aromatic ring is 2. The number of nitrogens with one attached hydrogen (secondary N) is 2. The van der Waals surface area contributed by atoms with Gasteiger partial charge in [-0.3, -0.25) is 28.9 Å². The summed E-state index contributed by atoms with van der Waals surface area (Å²) in [5.41, 5.74) is 18.8. The van der Waals surface area contributed by atoms with Crippen LogP contribution in [-0.4, -0.2) is 84.7 Å². The number of aliphatic hydroxyl groups excluding tert-OH is 2. The van der Waals surface area contributed by atoms with Gasteiger partial charge in [-0.2, -0.15) is 10.2 Å². The van der Waals surface area contributed by atoms with E-state index >= 15 is 0 Å². The van der Waals surface area contributed by atoms with E-state index in [0.717, 1.165) is 40.7 Å². The van der Waals surface area contributed by atoms with Gasteiger partial charge in [0.05, 0.1) is 33.8 Å². The maximum Gasteiger partial charge on any atom is 0.229 e. The van der Waals surface area contributed by atoms with Crippen LogP contribution in [0.4, 0.5) is 23.3 Å². The van der Waals surface area contributed by atoms with E-state index in [9.17, 15) is 19.8 Å². The summed E-state index contributed by atoms with van der Waals surface area (Å²) in [7, 11) is 3.71. The molecule has 0 aromatic carbocycles. The zero-order valence-corrected chi connectivity index (χ0v) is 37.2. The number of nitrogens with zero attached hydrogens (tertiary/aromatic N) is 10. The van der Waals surface area contributed by atoms with Gasteiger partial charge in [0.15, 0.2) is 5.82 Å². The highest BCUT2D eigenvalue weighted by Crippen LogP contribution is 2.49. The number of hydrogen-bond donors (Lipinski definition) is 6. The number of aryl methyl sites for hydroxylation is 2. The first-order valence-corrected chi connectivity index (χ1v) is 21.8. The minimum atomic E-state index is -0.141. The zero-order chi connectivity index (χ0) is 46.2. The molecular formula is C46H44Cl2N14O4. The van der Waals surface area contributed by atoms with Gasteiger partial charge in [-0.1, -0.05) is 23.2 Å². The highest BCUT2D eigenvalue weighted by Gasteiger charge is 2.45. The van der Waals surface area contributed by atoms with E-state index < -0.39 is 0 Å². The first kappa shape index (κ1) is 44.1. The molecule has 0 spiro atoms. The number of halogens is 2. The Labute approximate surface area is 387 Å². The van der Waals surface area contributed by atoms with Crippen LogP contribution in [0.5, 0.6) is 0 Å². The standard InChI is InChI=1S/2C23H22ClN7O2/c1-31-11-13(8-28-31)14-6-16(14)23(33)29-19-7-15-18(10-27-19)22(25)30-21(20(15)24)17-9-26-4-2-12(17)3-5-32;1-31-11-13(8-28-31)14-6-16(14)23(33)30-22-20(24)15-7-19(29-21(25)18(15)10-27-22)17-9-26-4-2-12(17)3-5-32/h2,4,7-11,14,16,32H,3,5-6H2,1H3,(H2,25,30)(H,27,29,33);2,4,7-11,14,16,32H,3,5-6H2,1H3,(H2,25,29)(H,27,30,33)/t2*14-,16+/m01/s1. The van der Waals surface area contributed by atoms with Crippen molar-refractivity contribution in [2.45, 2.75) is 37.5 Å². The summed E-state index contributed by atoms with van der Waals surface area (Å²) < 4.78 is 3.47. The molecule has 4 atom stereocenters. The van der Waals surface area contributed by atoms with Crippen molar-refractivity contribution in [3.63, 3.8) is 0 Å². The predicted octanol–water partition coefficient (Wildman–Crippen LogP) is 5.88. The lowest BCUT2D eigenvalue weighted by Crippen LogP contribution is -2.16. The van der Waals surface area contributed by atoms with E-state index in [2.05, 4.69) is 50.7 Å². The first-order chi connectivity index (χ1) is 31.9. The quantitative estimate of drug-likeness (QED) is 0.0837. The maximum atomic E-state index is 12.8. The Morgan fingerprint density at radius 1 is 0.697 bits per heavy atom. The van der Waals surface area contributed by atoms with Gasteiger partial charge in [-0.05, 0) is 84.0 Å². The van der Waals surface area contributed by atoms with Crippen LogP contribution in [0.2, 0.25) is 10.0 Å². The number of nitrogens with two attached hydrogens (primary N) is 2. The summed E-state index contributed by atoms with van der Waals surface area (Å²) in [6.45, 7) is -0.0128. The van der Waals surface area contributed by atoms with Crippen LogP contribution in [0, 0.1) is 11.8 Å². The summed E-state index contributed by atoms with van der Waals surface area (Å²) in [5, 5.41) is 36.0. The molecule has 0 aliphatic heterocycles. The lowest BCUT2D eigenvalue weighted by molar-refractivity contribution is -0.118. The van der Waals surface area contributed by atoms with Crippen LogP contribution in [0.1, 0.15) is 46.9 Å². The fourth-order valence-electron chi connectivity index (χ4n) is 8.24. The Hall–Kier alpha value is -7.12. The summed E-state index contributed by atoms with van der Waals surface area (Å²) in [4.78, 5) is 51.6. The van der Waals surface area contributed by atoms with Gasteiger partial charge in [0.2, 0.25) is 11.8 Å². The average molecular weight is 928 g/mol. The predicted molar refractivity (Wildman–Crippen MR) is 251 cm³/mol. The molecule has 2 fully saturated rings. The molecular weight excluding hydrogens is 884 g/mol. The molecule has 10 rings (SSSR count). The molecule has 18 nitrogen and oxygen atoms in total. The maximum absolute atomic E-state index is 12.8. The second-order valence-electron chi connectivity index (χ2n) is 16.3. The number of carbonyl (C=O) groups excluding carboxylic acids is 2. The van der Waals surface area contributed by atoms with Crippen LogP contribution >= 0.6 is 23.2 Å². The van der Waals surface area contributed by atoms with Crippen LogP contribution in [0.15, 0.2) is 86.2 Å². The molecule has 66 heavy (non-hydrogen) atoms. The molecule has 8 N–H and O–H groups in total. The van der Waals surface area contributed by atoms with Crippen molar-refractivity contribution in [1.29, 1.82) is 0 Å². The second-order valence-corrected chi connectivity index (χ2v) is 17.1. The smallest absolute Gasteiger partial charge is 0.229 e. The number of aromatic nitrogens is 10. The van der Waals surface area contributed by atoms with Crippen molar-refractivity contribution in [3.05, 3.63) is 119 Å². The molecule has 2 aliphatic rings. The number of hydrogen-bond acceptors (Lipinski definition) is 14. The minimum Gasteiger partial charge on any atom is -0.396 e. The molecule has 8 aromatic rings. The van der Waals surface area contributed by atoms with Gasteiger partial charge in [-0.25, -0.2) is 19.9 Å². The van der Waals surface area contributed by atoms with Crippen LogP contribution in [0.25, 0.3) is 44.1 Å². The Kier molecular flexibility index (Phi) is 12.3. The fourth-order valence-corrected chi connectivity index (χ4v) is 8.79. The lowest BCUT2D eigenvalue weighted by Gasteiger charge is -2.13. The van der Waals surface area contributed by atoms with Crippen LogP contribution in [0.3, 0.4) is 0 Å². The molecule has 8 heterocycles. The highest BCUT2D eigenvalue weighted by atomic mass is 35.5. The Bertz CT molecular complexity index is 3140. The molecule has 0 bridgehead atoms. The van der Waals surface area contributed by atoms with Gasteiger partial charge >= 0.3 is 0 Å². The topological polar surface area (TPSA) is 264 Å². The number of aliphatic hydroxyl groups is 2. The minimum absolute atomic E-state index is 0.00212. The molecule has 0 unspecified atom stereocenters. The number of pyridine rings is 6. The van der Waals surface area contributed by atoms with E-state index in [1.807, 2.05) is 38.6 Å². The van der Waals surface area contributed by atoms with Crippen molar-refractivity contribution in [2.75, 3.05) is 35.3 Å². The molecule has 2 aliphatic carbocycles. The summed E-state index contributed by atoms with van der Waals surface area (Å²) in [5.74, 6) is 1.07. The summed E-state index contributed by atoms with van der Waals surface area (Å²) >= 11 is 13.4. The normalized spacial score (nSPS) is 17.3. The van der Waals surface area contributed by atoms with Gasteiger partial charge < -0.3 is 32.3 Å². The van der Waals surface area contributed by atoms with Crippen molar-refractivity contribution in [1.82, 2.24) is 49.5 Å². The second kappa shape index (κ2) is 18.4. The monoisotopic (exact) mass is 926 g/mol. The number of anilines is 4. The van der Waals surface area contributed by atoms with E-state index in [1.54, 1.807) is 71.1 Å². The van der Waals surface area contributed by atoms with Crippen molar-refractivity contribution < 1.29 is 19.8 Å². The zero-order valence-electron chi connectivity index (χ0n) is 35.7. The molecule has 2 saturated carbocycles. The average Bonchev–Trinajstić information content (AvgIpc) is 4.21. The summed E-state index contributed by atoms with van der Waals surface area (Å²) in [6, 6.07) is 7.16. The van der Waals surface area contributed by atoms with Crippen molar-refractivity contribution in [2.24, 2.45) is 25.9 Å². The number of amides is 2. The third-order valence-corrected chi connectivity index (χ3v) is 12.6. The van der Waals surface area contributed by atoms with Crippen LogP contribution < -0.4 is 22.1 Å². The highest BCUT2D eigenvalue weighted by molar-refractivity contribution is 6.39. The van der Waals surface area contributed by atoms with Gasteiger partial charge in [0, 0.05) is 121 Å². The summed E-state index contributed by atoms with van der Waals surface area (Å²) in [6.07, 6.45) is 19.7. The molecule has 336 valence electrons. The van der Waals surface area contributed by atoms with Crippen LogP contribution in [-0.2, 0) is 36.5 Å². The number of rotatable bonds is 12. The number of carbonyl (C=O) groups is 2. The van der Waals surface area contributed by atoms with Gasteiger partial charge in [-0.15, -0.1) is 0 Å². The molecule has 2 amide bonds. The molecule has 0 saturated heterocycles. The number of fused-ring (bicyclic) bond motifs is 2.